The van der Waals surface area contributed by atoms with E-state index in [1.807, 2.05) is 37.3 Å². The minimum absolute atomic E-state index is 0.0431. The van der Waals surface area contributed by atoms with Gasteiger partial charge < -0.3 is 15.8 Å². The van der Waals surface area contributed by atoms with Gasteiger partial charge in [0.1, 0.15) is 5.41 Å². The predicted molar refractivity (Wildman–Crippen MR) is 83.4 cm³/mol. The van der Waals surface area contributed by atoms with E-state index in [4.69, 9.17) is 10.9 Å². The molecule has 3 N–H and O–H groups in total. The maximum absolute atomic E-state index is 13.1. The van der Waals surface area contributed by atoms with E-state index in [1.165, 1.54) is 0 Å². The number of oxime groups is 1. The second-order valence-electron chi connectivity index (χ2n) is 5.51. The third kappa shape index (κ3) is 2.86. The number of nitrogens with zero attached hydrogens (tertiary/aromatic N) is 2. The highest BCUT2D eigenvalue weighted by Gasteiger charge is 2.46. The van der Waals surface area contributed by atoms with E-state index in [2.05, 4.69) is 5.16 Å². The molecule has 1 aromatic carbocycles. The minimum Gasteiger partial charge on any atom is -0.409 e. The maximum Gasteiger partial charge on any atom is 0.240 e. The van der Waals surface area contributed by atoms with Crippen LogP contribution in [0.4, 0.5) is 5.69 Å². The number of carbonyl (C=O) groups excluding carboxylic acids is 1. The summed E-state index contributed by atoms with van der Waals surface area (Å²) >= 11 is 0. The second kappa shape index (κ2) is 6.61. The van der Waals surface area contributed by atoms with Crippen LogP contribution in [0.25, 0.3) is 0 Å². The summed E-state index contributed by atoms with van der Waals surface area (Å²) in [6, 6.07) is 9.54. The fourth-order valence-electron chi connectivity index (χ4n) is 3.14. The fourth-order valence-corrected chi connectivity index (χ4v) is 3.14. The van der Waals surface area contributed by atoms with Crippen molar-refractivity contribution >= 4 is 17.4 Å². The van der Waals surface area contributed by atoms with Crippen LogP contribution in [0, 0.1) is 5.41 Å². The molecule has 1 fully saturated rings. The normalized spacial score (nSPS) is 18.2. The SMILES string of the molecule is CCN(C(=O)C1(C(N)=NO)CCCCC1)c1ccccc1. The number of amides is 1. The van der Waals surface area contributed by atoms with Crippen LogP contribution in [0.2, 0.25) is 0 Å². The van der Waals surface area contributed by atoms with Crippen LogP contribution in [0.1, 0.15) is 39.0 Å². The Morgan fingerprint density at radius 2 is 1.90 bits per heavy atom. The van der Waals surface area contributed by atoms with Gasteiger partial charge >= 0.3 is 0 Å². The molecule has 1 amide bonds. The summed E-state index contributed by atoms with van der Waals surface area (Å²) in [6.45, 7) is 2.50. The van der Waals surface area contributed by atoms with Gasteiger partial charge in [-0.05, 0) is 31.9 Å². The van der Waals surface area contributed by atoms with Crippen molar-refractivity contribution in [3.05, 3.63) is 30.3 Å². The standard InChI is InChI=1S/C16H23N3O2/c1-2-19(13-9-5-3-6-10-13)15(20)16(14(17)18-21)11-7-4-8-12-16/h3,5-6,9-10,21H,2,4,7-8,11-12H2,1H3,(H2,17,18). The smallest absolute Gasteiger partial charge is 0.240 e. The van der Waals surface area contributed by atoms with Crippen molar-refractivity contribution in [2.24, 2.45) is 16.3 Å². The maximum atomic E-state index is 13.1. The molecule has 21 heavy (non-hydrogen) atoms. The quantitative estimate of drug-likeness (QED) is 0.387. The monoisotopic (exact) mass is 289 g/mol. The topological polar surface area (TPSA) is 78.9 Å². The van der Waals surface area contributed by atoms with Crippen LogP contribution in [0.3, 0.4) is 0 Å². The Kier molecular flexibility index (Phi) is 4.83. The van der Waals surface area contributed by atoms with Crippen molar-refractivity contribution in [3.8, 4) is 0 Å². The van der Waals surface area contributed by atoms with E-state index < -0.39 is 5.41 Å². The third-order valence-corrected chi connectivity index (χ3v) is 4.34. The molecule has 0 bridgehead atoms. The summed E-state index contributed by atoms with van der Waals surface area (Å²) < 4.78 is 0. The van der Waals surface area contributed by atoms with Gasteiger partial charge in [-0.25, -0.2) is 0 Å². The first-order valence-corrected chi connectivity index (χ1v) is 7.50. The lowest BCUT2D eigenvalue weighted by molar-refractivity contribution is -0.126. The van der Waals surface area contributed by atoms with Crippen molar-refractivity contribution in [3.63, 3.8) is 0 Å². The van der Waals surface area contributed by atoms with Crippen LogP contribution in [0.15, 0.2) is 35.5 Å². The largest absolute Gasteiger partial charge is 0.409 e. The average molecular weight is 289 g/mol. The summed E-state index contributed by atoms with van der Waals surface area (Å²) in [6.07, 6.45) is 4.23. The van der Waals surface area contributed by atoms with Crippen molar-refractivity contribution in [1.82, 2.24) is 0 Å². The molecule has 1 aliphatic rings. The molecule has 2 rings (SSSR count). The van der Waals surface area contributed by atoms with Gasteiger partial charge in [0.25, 0.3) is 0 Å². The molecule has 0 heterocycles. The molecule has 5 heteroatoms. The predicted octanol–water partition coefficient (Wildman–Crippen LogP) is 2.74. The number of rotatable bonds is 4. The van der Waals surface area contributed by atoms with Crippen LogP contribution in [0.5, 0.6) is 0 Å². The zero-order valence-corrected chi connectivity index (χ0v) is 12.5. The van der Waals surface area contributed by atoms with Gasteiger partial charge in [0, 0.05) is 12.2 Å². The first-order valence-electron chi connectivity index (χ1n) is 7.50. The highest BCUT2D eigenvalue weighted by Crippen LogP contribution is 2.39. The summed E-state index contributed by atoms with van der Waals surface area (Å²) in [4.78, 5) is 14.8. The zero-order chi connectivity index (χ0) is 15.3. The van der Waals surface area contributed by atoms with Crippen molar-refractivity contribution in [2.45, 2.75) is 39.0 Å². The van der Waals surface area contributed by atoms with Crippen LogP contribution in [-0.2, 0) is 4.79 Å². The molecule has 1 saturated carbocycles. The van der Waals surface area contributed by atoms with Gasteiger partial charge in [0.05, 0.1) is 0 Å². The zero-order valence-electron chi connectivity index (χ0n) is 12.5. The van der Waals surface area contributed by atoms with Gasteiger partial charge in [-0.3, -0.25) is 4.79 Å². The van der Waals surface area contributed by atoms with E-state index in [0.29, 0.717) is 19.4 Å². The Bertz CT molecular complexity index is 508. The summed E-state index contributed by atoms with van der Waals surface area (Å²) in [5.74, 6) is -0.0206. The molecular formula is C16H23N3O2. The molecular weight excluding hydrogens is 266 g/mol. The minimum atomic E-state index is -0.862. The lowest BCUT2D eigenvalue weighted by atomic mass is 9.72. The molecule has 5 nitrogen and oxygen atoms in total. The van der Waals surface area contributed by atoms with Gasteiger partial charge in [-0.15, -0.1) is 0 Å². The fraction of sp³-hybridized carbons (Fsp3) is 0.500. The first-order chi connectivity index (χ1) is 10.2. The molecule has 0 atom stereocenters. The molecule has 0 unspecified atom stereocenters. The Balaban J connectivity index is 2.37. The Hall–Kier alpha value is -2.04. The Morgan fingerprint density at radius 1 is 1.29 bits per heavy atom. The molecule has 1 aliphatic carbocycles. The van der Waals surface area contributed by atoms with Crippen molar-refractivity contribution in [2.75, 3.05) is 11.4 Å². The number of carbonyl (C=O) groups is 1. The van der Waals surface area contributed by atoms with Crippen LogP contribution >= 0.6 is 0 Å². The van der Waals surface area contributed by atoms with Gasteiger partial charge in [-0.1, -0.05) is 42.6 Å². The second-order valence-corrected chi connectivity index (χ2v) is 5.51. The van der Waals surface area contributed by atoms with E-state index in [9.17, 15) is 4.79 Å². The number of hydrogen-bond acceptors (Lipinski definition) is 3. The van der Waals surface area contributed by atoms with E-state index in [0.717, 1.165) is 24.9 Å². The first kappa shape index (κ1) is 15.4. The van der Waals surface area contributed by atoms with E-state index >= 15 is 0 Å². The Labute approximate surface area is 125 Å². The average Bonchev–Trinajstić information content (AvgIpc) is 2.56. The number of hydrogen-bond donors (Lipinski definition) is 2. The van der Waals surface area contributed by atoms with E-state index in [-0.39, 0.29) is 11.7 Å². The third-order valence-electron chi connectivity index (χ3n) is 4.34. The van der Waals surface area contributed by atoms with Gasteiger partial charge in [-0.2, -0.15) is 0 Å². The van der Waals surface area contributed by atoms with Gasteiger partial charge in [0.15, 0.2) is 5.84 Å². The molecule has 114 valence electrons. The molecule has 0 saturated heterocycles. The molecule has 0 radical (unpaired) electrons. The number of nitrogens with two attached hydrogens (primary N) is 1. The molecule has 1 aromatic rings. The summed E-state index contributed by atoms with van der Waals surface area (Å²) in [7, 11) is 0. The van der Waals surface area contributed by atoms with Crippen LogP contribution in [-0.4, -0.2) is 23.5 Å². The number of anilines is 1. The molecule has 0 aromatic heterocycles. The summed E-state index contributed by atoms with van der Waals surface area (Å²) in [5, 5.41) is 12.3. The van der Waals surface area contributed by atoms with Crippen molar-refractivity contribution < 1.29 is 10.0 Å². The highest BCUT2D eigenvalue weighted by atomic mass is 16.4. The number of para-hydroxylation sites is 1. The molecule has 0 spiro atoms. The lowest BCUT2D eigenvalue weighted by Crippen LogP contribution is -2.52. The van der Waals surface area contributed by atoms with Crippen molar-refractivity contribution in [1.29, 1.82) is 0 Å². The number of amidine groups is 1. The highest BCUT2D eigenvalue weighted by molar-refractivity contribution is 6.12. The number of benzene rings is 1. The van der Waals surface area contributed by atoms with Crippen LogP contribution < -0.4 is 10.6 Å². The lowest BCUT2D eigenvalue weighted by Gasteiger charge is -2.38. The van der Waals surface area contributed by atoms with Gasteiger partial charge in [0.2, 0.25) is 5.91 Å². The summed E-state index contributed by atoms with van der Waals surface area (Å²) in [5.41, 5.74) is 5.89. The Morgan fingerprint density at radius 3 is 2.43 bits per heavy atom. The molecule has 0 aliphatic heterocycles. The van der Waals surface area contributed by atoms with E-state index in [1.54, 1.807) is 4.90 Å².